The lowest BCUT2D eigenvalue weighted by Gasteiger charge is -2.34. The summed E-state index contributed by atoms with van der Waals surface area (Å²) in [6, 6.07) is 13.2. The predicted molar refractivity (Wildman–Crippen MR) is 86.4 cm³/mol. The molecule has 1 heterocycles. The number of hydrogen-bond acceptors (Lipinski definition) is 3. The lowest BCUT2D eigenvalue weighted by Crippen LogP contribution is -2.39. The minimum absolute atomic E-state index is 0.189. The number of hydrogen-bond donors (Lipinski definition) is 1. The summed E-state index contributed by atoms with van der Waals surface area (Å²) in [6.45, 7) is 1.48. The summed E-state index contributed by atoms with van der Waals surface area (Å²) < 4.78 is 26.9. The lowest BCUT2D eigenvalue weighted by molar-refractivity contribution is 0.521. The summed E-state index contributed by atoms with van der Waals surface area (Å²) >= 11 is 0. The van der Waals surface area contributed by atoms with Crippen LogP contribution in [0.25, 0.3) is 0 Å². The highest BCUT2D eigenvalue weighted by Crippen LogP contribution is 2.26. The summed E-state index contributed by atoms with van der Waals surface area (Å²) in [7, 11) is 0. The van der Waals surface area contributed by atoms with Gasteiger partial charge in [0.15, 0.2) is 0 Å². The van der Waals surface area contributed by atoms with Gasteiger partial charge in [0.25, 0.3) is 0 Å². The molecule has 0 amide bonds. The van der Waals surface area contributed by atoms with E-state index in [9.17, 15) is 8.78 Å². The van der Waals surface area contributed by atoms with Crippen LogP contribution in [-0.2, 0) is 0 Å². The van der Waals surface area contributed by atoms with E-state index in [1.807, 2.05) is 6.07 Å². The van der Waals surface area contributed by atoms with Crippen LogP contribution in [0.1, 0.15) is 18.4 Å². The van der Waals surface area contributed by atoms with E-state index in [4.69, 9.17) is 5.26 Å². The van der Waals surface area contributed by atoms with Crippen molar-refractivity contribution in [2.45, 2.75) is 18.9 Å². The Morgan fingerprint density at radius 3 is 2.52 bits per heavy atom. The van der Waals surface area contributed by atoms with Crippen molar-refractivity contribution in [1.82, 2.24) is 0 Å². The second-order valence-corrected chi connectivity index (χ2v) is 5.66. The first-order valence-corrected chi connectivity index (χ1v) is 7.63. The fraction of sp³-hybridized carbons (Fsp3) is 0.278. The summed E-state index contributed by atoms with van der Waals surface area (Å²) in [4.78, 5) is 2.08. The number of nitriles is 1. The first kappa shape index (κ1) is 15.3. The highest BCUT2D eigenvalue weighted by molar-refractivity contribution is 5.59. The molecule has 0 spiro atoms. The summed E-state index contributed by atoms with van der Waals surface area (Å²) in [5, 5.41) is 12.4. The van der Waals surface area contributed by atoms with Crippen LogP contribution in [0, 0.1) is 23.0 Å². The molecule has 1 N–H and O–H groups in total. The smallest absolute Gasteiger partial charge is 0.146 e. The molecule has 1 fully saturated rings. The molecule has 0 atom stereocenters. The molecule has 3 nitrogen and oxygen atoms in total. The third kappa shape index (κ3) is 3.42. The largest absolute Gasteiger partial charge is 0.380 e. The maximum Gasteiger partial charge on any atom is 0.146 e. The monoisotopic (exact) mass is 313 g/mol. The van der Waals surface area contributed by atoms with Crippen molar-refractivity contribution in [3.8, 4) is 6.07 Å². The van der Waals surface area contributed by atoms with E-state index >= 15 is 0 Å². The average molecular weight is 313 g/mol. The Hall–Kier alpha value is -2.61. The second kappa shape index (κ2) is 6.66. The van der Waals surface area contributed by atoms with Gasteiger partial charge in [0.1, 0.15) is 17.7 Å². The van der Waals surface area contributed by atoms with Crippen molar-refractivity contribution >= 4 is 11.4 Å². The Labute approximate surface area is 134 Å². The topological polar surface area (TPSA) is 39.1 Å². The van der Waals surface area contributed by atoms with Gasteiger partial charge < -0.3 is 10.2 Å². The Balaban J connectivity index is 1.65. The van der Waals surface area contributed by atoms with Gasteiger partial charge in [-0.2, -0.15) is 5.26 Å². The fourth-order valence-corrected chi connectivity index (χ4v) is 2.94. The van der Waals surface area contributed by atoms with Gasteiger partial charge in [-0.3, -0.25) is 0 Å². The molecule has 0 bridgehead atoms. The van der Waals surface area contributed by atoms with E-state index in [0.29, 0.717) is 11.3 Å². The Morgan fingerprint density at radius 2 is 1.83 bits per heavy atom. The third-order valence-corrected chi connectivity index (χ3v) is 4.15. The van der Waals surface area contributed by atoms with Gasteiger partial charge >= 0.3 is 0 Å². The first-order chi connectivity index (χ1) is 11.2. The Kier molecular flexibility index (Phi) is 4.42. The second-order valence-electron chi connectivity index (χ2n) is 5.66. The normalized spacial score (nSPS) is 15.3. The van der Waals surface area contributed by atoms with Crippen molar-refractivity contribution in [1.29, 1.82) is 5.26 Å². The number of halogens is 2. The number of anilines is 2. The molecule has 3 rings (SSSR count). The van der Waals surface area contributed by atoms with Gasteiger partial charge in [-0.1, -0.05) is 12.1 Å². The molecule has 0 aromatic heterocycles. The molecular weight excluding hydrogens is 296 g/mol. The lowest BCUT2D eigenvalue weighted by atomic mass is 10.0. The highest BCUT2D eigenvalue weighted by atomic mass is 19.1. The molecule has 118 valence electrons. The SMILES string of the molecule is N#Cc1cc(F)ccc1N1CCC(Nc2ccccc2F)CC1. The van der Waals surface area contributed by atoms with Gasteiger partial charge in [-0.15, -0.1) is 0 Å². The number of para-hydroxylation sites is 1. The Morgan fingerprint density at radius 1 is 1.09 bits per heavy atom. The maximum atomic E-state index is 13.7. The van der Waals surface area contributed by atoms with E-state index in [0.717, 1.165) is 31.6 Å². The molecule has 1 aliphatic heterocycles. The zero-order valence-corrected chi connectivity index (χ0v) is 12.6. The van der Waals surface area contributed by atoms with E-state index in [2.05, 4.69) is 10.2 Å². The van der Waals surface area contributed by atoms with Gasteiger partial charge in [0, 0.05) is 19.1 Å². The van der Waals surface area contributed by atoms with E-state index < -0.39 is 5.82 Å². The van der Waals surface area contributed by atoms with Crippen molar-refractivity contribution in [2.75, 3.05) is 23.3 Å². The number of piperidine rings is 1. The van der Waals surface area contributed by atoms with Crippen molar-refractivity contribution < 1.29 is 8.78 Å². The van der Waals surface area contributed by atoms with Crippen LogP contribution in [0.3, 0.4) is 0 Å². The first-order valence-electron chi connectivity index (χ1n) is 7.63. The van der Waals surface area contributed by atoms with Gasteiger partial charge in [-0.05, 0) is 43.2 Å². The molecule has 0 aliphatic carbocycles. The minimum atomic E-state index is -0.401. The minimum Gasteiger partial charge on any atom is -0.380 e. The number of rotatable bonds is 3. The number of nitrogens with zero attached hydrogens (tertiary/aromatic N) is 2. The van der Waals surface area contributed by atoms with Crippen molar-refractivity contribution in [3.63, 3.8) is 0 Å². The maximum absolute atomic E-state index is 13.7. The van der Waals surface area contributed by atoms with E-state index in [1.165, 1.54) is 18.2 Å². The molecule has 23 heavy (non-hydrogen) atoms. The van der Waals surface area contributed by atoms with Gasteiger partial charge in [-0.25, -0.2) is 8.78 Å². The quantitative estimate of drug-likeness (QED) is 0.933. The fourth-order valence-electron chi connectivity index (χ4n) is 2.94. The highest BCUT2D eigenvalue weighted by Gasteiger charge is 2.21. The molecule has 1 saturated heterocycles. The standard InChI is InChI=1S/C18H17F2N3/c19-14-5-6-18(13(11-14)12-21)23-9-7-15(8-10-23)22-17-4-2-1-3-16(17)20/h1-6,11,15,22H,7-10H2. The van der Waals surface area contributed by atoms with Crippen molar-refractivity contribution in [3.05, 3.63) is 59.7 Å². The molecule has 0 radical (unpaired) electrons. The number of nitrogens with one attached hydrogen (secondary N) is 1. The zero-order valence-electron chi connectivity index (χ0n) is 12.6. The van der Waals surface area contributed by atoms with Crippen LogP contribution >= 0.6 is 0 Å². The van der Waals surface area contributed by atoms with E-state index in [1.54, 1.807) is 24.3 Å². The molecule has 5 heteroatoms. The van der Waals surface area contributed by atoms with Gasteiger partial charge in [0.05, 0.1) is 16.9 Å². The van der Waals surface area contributed by atoms with E-state index in [-0.39, 0.29) is 11.9 Å². The van der Waals surface area contributed by atoms with Crippen LogP contribution in [0.4, 0.5) is 20.2 Å². The van der Waals surface area contributed by atoms with Crippen molar-refractivity contribution in [2.24, 2.45) is 0 Å². The summed E-state index contributed by atoms with van der Waals surface area (Å²) in [5.74, 6) is -0.651. The average Bonchev–Trinajstić information content (AvgIpc) is 2.58. The molecular formula is C18H17F2N3. The molecule has 1 aliphatic rings. The van der Waals surface area contributed by atoms with Crippen LogP contribution in [0.15, 0.2) is 42.5 Å². The van der Waals surface area contributed by atoms with Gasteiger partial charge in [0.2, 0.25) is 0 Å². The van der Waals surface area contributed by atoms with Crippen LogP contribution < -0.4 is 10.2 Å². The molecule has 2 aromatic carbocycles. The molecule has 0 unspecified atom stereocenters. The van der Waals surface area contributed by atoms with Crippen LogP contribution in [0.5, 0.6) is 0 Å². The molecule has 2 aromatic rings. The summed E-state index contributed by atoms with van der Waals surface area (Å²) in [5.41, 5.74) is 1.63. The third-order valence-electron chi connectivity index (χ3n) is 4.15. The summed E-state index contributed by atoms with van der Waals surface area (Å²) in [6.07, 6.45) is 1.66. The zero-order chi connectivity index (χ0) is 16.2. The number of benzene rings is 2. The Bertz CT molecular complexity index is 731. The van der Waals surface area contributed by atoms with Crippen LogP contribution in [0.2, 0.25) is 0 Å². The van der Waals surface area contributed by atoms with Crippen LogP contribution in [-0.4, -0.2) is 19.1 Å². The predicted octanol–water partition coefficient (Wildman–Crippen LogP) is 3.92. The molecule has 0 saturated carbocycles.